The van der Waals surface area contributed by atoms with Crippen molar-refractivity contribution in [1.82, 2.24) is 4.31 Å². The number of anilines is 1. The number of nitrogens with two attached hydrogens (primary N) is 1. The predicted molar refractivity (Wildman–Crippen MR) is 74.8 cm³/mol. The summed E-state index contributed by atoms with van der Waals surface area (Å²) in [6.07, 6.45) is 0. The molecule has 0 heterocycles. The number of hydrogen-bond donors (Lipinski definition) is 1. The minimum absolute atomic E-state index is 0.144. The molecule has 0 amide bonds. The van der Waals surface area contributed by atoms with Crippen molar-refractivity contribution in [3.63, 3.8) is 0 Å². The van der Waals surface area contributed by atoms with Crippen LogP contribution in [0.4, 0.5) is 10.1 Å². The lowest BCUT2D eigenvalue weighted by Crippen LogP contribution is -2.31. The van der Waals surface area contributed by atoms with Gasteiger partial charge in [-0.05, 0) is 35.0 Å². The number of nitrogen functional groups attached to an aromatic ring is 1. The van der Waals surface area contributed by atoms with Gasteiger partial charge in [0.15, 0.2) is 0 Å². The highest BCUT2D eigenvalue weighted by atomic mass is 79.9. The molecule has 2 N–H and O–H groups in total. The standard InChI is InChI=1S/C11H16BrFN2O3S/c1-3-18-5-4-15(2)19(16,17)11-7-10(14)8(12)6-9(11)13/h6-7H,3-5,14H2,1-2H3. The van der Waals surface area contributed by atoms with E-state index in [4.69, 9.17) is 10.5 Å². The molecule has 0 radical (unpaired) electrons. The summed E-state index contributed by atoms with van der Waals surface area (Å²) < 4.78 is 44.5. The number of sulfonamides is 1. The van der Waals surface area contributed by atoms with Crippen molar-refractivity contribution >= 4 is 31.6 Å². The first-order valence-electron chi connectivity index (χ1n) is 5.59. The Balaban J connectivity index is 3.03. The molecular formula is C11H16BrFN2O3S. The van der Waals surface area contributed by atoms with Gasteiger partial charge in [-0.15, -0.1) is 0 Å². The quantitative estimate of drug-likeness (QED) is 0.624. The Morgan fingerprint density at radius 1 is 1.47 bits per heavy atom. The molecule has 0 atom stereocenters. The van der Waals surface area contributed by atoms with Crippen LogP contribution in [-0.2, 0) is 14.8 Å². The topological polar surface area (TPSA) is 72.6 Å². The van der Waals surface area contributed by atoms with Crippen LogP contribution in [0.3, 0.4) is 0 Å². The summed E-state index contributed by atoms with van der Waals surface area (Å²) in [5.74, 6) is -0.843. The number of rotatable bonds is 6. The highest BCUT2D eigenvalue weighted by molar-refractivity contribution is 9.10. The van der Waals surface area contributed by atoms with Crippen molar-refractivity contribution in [2.24, 2.45) is 0 Å². The summed E-state index contributed by atoms with van der Waals surface area (Å²) in [5.41, 5.74) is 5.75. The molecule has 0 aliphatic carbocycles. The number of ether oxygens (including phenoxy) is 1. The second-order valence-corrected chi connectivity index (χ2v) is 6.70. The Hall–Kier alpha value is -0.700. The van der Waals surface area contributed by atoms with Crippen LogP contribution in [0.2, 0.25) is 0 Å². The fourth-order valence-electron chi connectivity index (χ4n) is 1.37. The number of nitrogens with zero attached hydrogens (tertiary/aromatic N) is 1. The highest BCUT2D eigenvalue weighted by Crippen LogP contribution is 2.27. The molecule has 0 bridgehead atoms. The number of halogens is 2. The summed E-state index contributed by atoms with van der Waals surface area (Å²) in [4.78, 5) is -0.438. The van der Waals surface area contributed by atoms with Crippen LogP contribution >= 0.6 is 15.9 Å². The van der Waals surface area contributed by atoms with E-state index in [1.54, 1.807) is 0 Å². The highest BCUT2D eigenvalue weighted by Gasteiger charge is 2.25. The normalized spacial score (nSPS) is 12.1. The molecule has 1 aromatic rings. The van der Waals surface area contributed by atoms with Crippen molar-refractivity contribution in [2.45, 2.75) is 11.8 Å². The van der Waals surface area contributed by atoms with E-state index in [0.717, 1.165) is 16.4 Å². The fourth-order valence-corrected chi connectivity index (χ4v) is 2.92. The van der Waals surface area contributed by atoms with E-state index in [-0.39, 0.29) is 18.8 Å². The minimum atomic E-state index is -3.91. The second-order valence-electron chi connectivity index (χ2n) is 3.83. The van der Waals surface area contributed by atoms with Crippen molar-refractivity contribution in [3.05, 3.63) is 22.4 Å². The molecule has 19 heavy (non-hydrogen) atoms. The van der Waals surface area contributed by atoms with Gasteiger partial charge in [-0.25, -0.2) is 12.8 Å². The van der Waals surface area contributed by atoms with Crippen LogP contribution in [0.5, 0.6) is 0 Å². The van der Waals surface area contributed by atoms with E-state index in [1.807, 2.05) is 6.92 Å². The molecule has 0 saturated carbocycles. The van der Waals surface area contributed by atoms with Gasteiger partial charge < -0.3 is 10.5 Å². The van der Waals surface area contributed by atoms with E-state index in [9.17, 15) is 12.8 Å². The third-order valence-corrected chi connectivity index (χ3v) is 5.05. The Morgan fingerprint density at radius 2 is 2.11 bits per heavy atom. The maximum atomic E-state index is 13.8. The van der Waals surface area contributed by atoms with Crippen LogP contribution in [0.15, 0.2) is 21.5 Å². The zero-order chi connectivity index (χ0) is 14.6. The predicted octanol–water partition coefficient (Wildman–Crippen LogP) is 1.83. The summed E-state index contributed by atoms with van der Waals surface area (Å²) in [6, 6.07) is 2.14. The Kier molecular flexibility index (Phi) is 5.72. The molecule has 1 rings (SSSR count). The first-order valence-corrected chi connectivity index (χ1v) is 7.82. The molecule has 1 aromatic carbocycles. The smallest absolute Gasteiger partial charge is 0.245 e. The SMILES string of the molecule is CCOCCN(C)S(=O)(=O)c1cc(N)c(Br)cc1F. The molecule has 0 fully saturated rings. The Morgan fingerprint density at radius 3 is 2.68 bits per heavy atom. The van der Waals surface area contributed by atoms with Crippen LogP contribution in [0, 0.1) is 5.82 Å². The summed E-state index contributed by atoms with van der Waals surface area (Å²) >= 11 is 3.04. The number of benzene rings is 1. The van der Waals surface area contributed by atoms with Gasteiger partial charge in [0.1, 0.15) is 10.7 Å². The van der Waals surface area contributed by atoms with E-state index < -0.39 is 20.7 Å². The van der Waals surface area contributed by atoms with Crippen LogP contribution in [-0.4, -0.2) is 39.5 Å². The molecule has 0 aliphatic rings. The zero-order valence-electron chi connectivity index (χ0n) is 10.7. The number of likely N-dealkylation sites (N-methyl/N-ethyl adjacent to an activating group) is 1. The van der Waals surface area contributed by atoms with Gasteiger partial charge in [0, 0.05) is 30.4 Å². The first kappa shape index (κ1) is 16.4. The Bertz CT molecular complexity index is 551. The van der Waals surface area contributed by atoms with Crippen LogP contribution in [0.25, 0.3) is 0 Å². The average Bonchev–Trinajstić information content (AvgIpc) is 2.33. The molecular weight excluding hydrogens is 339 g/mol. The fraction of sp³-hybridized carbons (Fsp3) is 0.455. The van der Waals surface area contributed by atoms with Gasteiger partial charge in [0.25, 0.3) is 0 Å². The zero-order valence-corrected chi connectivity index (χ0v) is 13.1. The molecule has 0 spiro atoms. The largest absolute Gasteiger partial charge is 0.398 e. The molecule has 8 heteroatoms. The molecule has 0 aliphatic heterocycles. The van der Waals surface area contributed by atoms with Crippen molar-refractivity contribution in [2.75, 3.05) is 32.5 Å². The van der Waals surface area contributed by atoms with Gasteiger partial charge in [0.05, 0.1) is 6.61 Å². The summed E-state index contributed by atoms with van der Waals surface area (Å²) in [5, 5.41) is 0. The minimum Gasteiger partial charge on any atom is -0.398 e. The van der Waals surface area contributed by atoms with Crippen LogP contribution in [0.1, 0.15) is 6.92 Å². The maximum absolute atomic E-state index is 13.8. The third-order valence-electron chi connectivity index (χ3n) is 2.49. The summed E-state index contributed by atoms with van der Waals surface area (Å²) in [7, 11) is -2.54. The number of hydrogen-bond acceptors (Lipinski definition) is 4. The van der Waals surface area contributed by atoms with E-state index >= 15 is 0 Å². The van der Waals surface area contributed by atoms with E-state index in [2.05, 4.69) is 15.9 Å². The van der Waals surface area contributed by atoms with Gasteiger partial charge >= 0.3 is 0 Å². The molecule has 0 unspecified atom stereocenters. The van der Waals surface area contributed by atoms with Gasteiger partial charge in [0.2, 0.25) is 10.0 Å². The molecule has 0 saturated heterocycles. The van der Waals surface area contributed by atoms with Gasteiger partial charge in [-0.1, -0.05) is 0 Å². The van der Waals surface area contributed by atoms with Gasteiger partial charge in [-0.3, -0.25) is 0 Å². The molecule has 108 valence electrons. The molecule has 5 nitrogen and oxygen atoms in total. The second kappa shape index (κ2) is 6.65. The van der Waals surface area contributed by atoms with E-state index in [1.165, 1.54) is 7.05 Å². The average molecular weight is 355 g/mol. The van der Waals surface area contributed by atoms with E-state index in [0.29, 0.717) is 11.1 Å². The lowest BCUT2D eigenvalue weighted by Gasteiger charge is -2.18. The molecule has 0 aromatic heterocycles. The van der Waals surface area contributed by atoms with Crippen molar-refractivity contribution in [3.8, 4) is 0 Å². The first-order chi connectivity index (χ1) is 8.80. The monoisotopic (exact) mass is 354 g/mol. The van der Waals surface area contributed by atoms with Crippen molar-refractivity contribution in [1.29, 1.82) is 0 Å². The third kappa shape index (κ3) is 3.88. The maximum Gasteiger partial charge on any atom is 0.245 e. The summed E-state index contributed by atoms with van der Waals surface area (Å²) in [6.45, 7) is 2.70. The Labute approximate surface area is 120 Å². The lowest BCUT2D eigenvalue weighted by atomic mass is 10.3. The van der Waals surface area contributed by atoms with Crippen molar-refractivity contribution < 1.29 is 17.5 Å². The van der Waals surface area contributed by atoms with Crippen LogP contribution < -0.4 is 5.73 Å². The lowest BCUT2D eigenvalue weighted by molar-refractivity contribution is 0.138. The van der Waals surface area contributed by atoms with Gasteiger partial charge in [-0.2, -0.15) is 4.31 Å².